The number of likely N-dealkylation sites (tertiary alicyclic amines) is 1. The zero-order chi connectivity index (χ0) is 11.4. The highest BCUT2D eigenvalue weighted by Gasteiger charge is 2.15. The highest BCUT2D eigenvalue weighted by Crippen LogP contribution is 2.16. The Balaban J connectivity index is 1.91. The van der Waals surface area contributed by atoms with Crippen LogP contribution in [0.25, 0.3) is 0 Å². The van der Waals surface area contributed by atoms with Crippen LogP contribution in [-0.2, 0) is 0 Å². The van der Waals surface area contributed by atoms with Gasteiger partial charge in [0.25, 0.3) is 0 Å². The van der Waals surface area contributed by atoms with E-state index in [0.29, 0.717) is 6.04 Å². The van der Waals surface area contributed by atoms with E-state index < -0.39 is 0 Å². The monoisotopic (exact) mass is 213 g/mol. The second-order valence-electron chi connectivity index (χ2n) is 4.42. The molecule has 0 spiro atoms. The van der Waals surface area contributed by atoms with Gasteiger partial charge in [-0.15, -0.1) is 0 Å². The molecule has 0 aromatic heterocycles. The lowest BCUT2D eigenvalue weighted by Gasteiger charge is -2.30. The molecule has 83 valence electrons. The van der Waals surface area contributed by atoms with E-state index in [4.69, 9.17) is 6.42 Å². The standard InChI is InChI=1S/C14H17N2/c1-3-12-4-6-13(7-5-12)15-14-8-10-16(2)11-9-14/h4-7,14-15H,8-11H2,2H3. The molecule has 2 nitrogen and oxygen atoms in total. The minimum Gasteiger partial charge on any atom is -0.382 e. The Kier molecular flexibility index (Phi) is 3.48. The highest BCUT2D eigenvalue weighted by molar-refractivity contribution is 5.48. The van der Waals surface area contributed by atoms with Gasteiger partial charge in [0.05, 0.1) is 0 Å². The first-order valence-electron chi connectivity index (χ1n) is 5.76. The highest BCUT2D eigenvalue weighted by atomic mass is 15.1. The Morgan fingerprint density at radius 2 is 1.88 bits per heavy atom. The van der Waals surface area contributed by atoms with Crippen LogP contribution in [0.4, 0.5) is 5.69 Å². The molecule has 1 aliphatic heterocycles. The predicted octanol–water partition coefficient (Wildman–Crippen LogP) is 2.13. The van der Waals surface area contributed by atoms with Crippen LogP contribution >= 0.6 is 0 Å². The molecule has 2 heteroatoms. The first kappa shape index (κ1) is 11.0. The van der Waals surface area contributed by atoms with Gasteiger partial charge in [-0.1, -0.05) is 5.92 Å². The van der Waals surface area contributed by atoms with Gasteiger partial charge in [-0.3, -0.25) is 0 Å². The normalized spacial score (nSPS) is 18.0. The quantitative estimate of drug-likeness (QED) is 0.757. The van der Waals surface area contributed by atoms with Crippen molar-refractivity contribution in [3.05, 3.63) is 36.3 Å². The molecule has 1 saturated heterocycles. The fraction of sp³-hybridized carbons (Fsp3) is 0.429. The molecule has 0 amide bonds. The van der Waals surface area contributed by atoms with Crippen LogP contribution in [0.5, 0.6) is 0 Å². The molecular weight excluding hydrogens is 196 g/mol. The number of hydrogen-bond acceptors (Lipinski definition) is 2. The molecule has 1 fully saturated rings. The third-order valence-corrected chi connectivity index (χ3v) is 3.12. The molecule has 1 radical (unpaired) electrons. The molecule has 1 aliphatic rings. The van der Waals surface area contributed by atoms with Crippen molar-refractivity contribution < 1.29 is 0 Å². The number of piperidine rings is 1. The van der Waals surface area contributed by atoms with Gasteiger partial charge in [0.2, 0.25) is 0 Å². The van der Waals surface area contributed by atoms with E-state index in [1.807, 2.05) is 24.3 Å². The second kappa shape index (κ2) is 5.05. The predicted molar refractivity (Wildman–Crippen MR) is 66.8 cm³/mol. The molecule has 0 aliphatic carbocycles. The number of nitrogens with one attached hydrogen (secondary N) is 1. The summed E-state index contributed by atoms with van der Waals surface area (Å²) in [5, 5.41) is 3.54. The summed E-state index contributed by atoms with van der Waals surface area (Å²) in [5.74, 6) is 2.38. The van der Waals surface area contributed by atoms with Gasteiger partial charge >= 0.3 is 0 Å². The van der Waals surface area contributed by atoms with Crippen molar-refractivity contribution in [2.24, 2.45) is 0 Å². The molecule has 1 aromatic rings. The number of rotatable bonds is 2. The average Bonchev–Trinajstić information content (AvgIpc) is 2.33. The van der Waals surface area contributed by atoms with Gasteiger partial charge in [0.15, 0.2) is 0 Å². The van der Waals surface area contributed by atoms with Crippen molar-refractivity contribution >= 4 is 5.69 Å². The summed E-state index contributed by atoms with van der Waals surface area (Å²) in [5.41, 5.74) is 1.97. The van der Waals surface area contributed by atoms with Crippen molar-refractivity contribution in [3.8, 4) is 5.92 Å². The lowest BCUT2D eigenvalue weighted by atomic mass is 10.1. The lowest BCUT2D eigenvalue weighted by Crippen LogP contribution is -2.36. The summed E-state index contributed by atoms with van der Waals surface area (Å²) in [4.78, 5) is 2.37. The zero-order valence-electron chi connectivity index (χ0n) is 9.66. The van der Waals surface area contributed by atoms with E-state index in [0.717, 1.165) is 11.3 Å². The van der Waals surface area contributed by atoms with Gasteiger partial charge in [0, 0.05) is 17.3 Å². The van der Waals surface area contributed by atoms with Crippen molar-refractivity contribution in [3.63, 3.8) is 0 Å². The largest absolute Gasteiger partial charge is 0.382 e. The topological polar surface area (TPSA) is 15.3 Å². The molecule has 0 unspecified atom stereocenters. The summed E-state index contributed by atoms with van der Waals surface area (Å²) in [7, 11) is 2.17. The smallest absolute Gasteiger partial charge is 0.0343 e. The first-order valence-corrected chi connectivity index (χ1v) is 5.76. The summed E-state index contributed by atoms with van der Waals surface area (Å²) < 4.78 is 0. The molecule has 1 aromatic carbocycles. The van der Waals surface area contributed by atoms with Gasteiger partial charge in [-0.25, -0.2) is 0 Å². The van der Waals surface area contributed by atoms with E-state index in [2.05, 4.69) is 23.2 Å². The molecule has 1 N–H and O–H groups in total. The van der Waals surface area contributed by atoms with Crippen LogP contribution in [0, 0.1) is 12.3 Å². The van der Waals surface area contributed by atoms with Crippen LogP contribution in [0.2, 0.25) is 0 Å². The van der Waals surface area contributed by atoms with Crippen LogP contribution in [-0.4, -0.2) is 31.1 Å². The Hall–Kier alpha value is -1.46. The Morgan fingerprint density at radius 3 is 2.44 bits per heavy atom. The van der Waals surface area contributed by atoms with Crippen LogP contribution in [0.1, 0.15) is 18.4 Å². The van der Waals surface area contributed by atoms with Crippen LogP contribution in [0.3, 0.4) is 0 Å². The third kappa shape index (κ3) is 2.77. The Labute approximate surface area is 97.7 Å². The Bertz CT molecular complexity index is 367. The molecular formula is C14H17N2. The van der Waals surface area contributed by atoms with Crippen molar-refractivity contribution in [2.45, 2.75) is 18.9 Å². The maximum Gasteiger partial charge on any atom is 0.0343 e. The van der Waals surface area contributed by atoms with E-state index in [1.54, 1.807) is 0 Å². The number of anilines is 1. The van der Waals surface area contributed by atoms with Crippen molar-refractivity contribution in [1.29, 1.82) is 0 Å². The van der Waals surface area contributed by atoms with Gasteiger partial charge in [-0.2, -0.15) is 0 Å². The molecule has 2 rings (SSSR count). The van der Waals surface area contributed by atoms with Crippen LogP contribution in [0.15, 0.2) is 24.3 Å². The SMILES string of the molecule is [C]#Cc1ccc(NC2CCN(C)CC2)cc1. The number of nitrogens with zero attached hydrogens (tertiary/aromatic N) is 1. The first-order chi connectivity index (χ1) is 7.78. The van der Waals surface area contributed by atoms with Gasteiger partial charge in [0.1, 0.15) is 0 Å². The third-order valence-electron chi connectivity index (χ3n) is 3.12. The van der Waals surface area contributed by atoms with Crippen LogP contribution < -0.4 is 5.32 Å². The van der Waals surface area contributed by atoms with E-state index >= 15 is 0 Å². The Morgan fingerprint density at radius 1 is 1.25 bits per heavy atom. The summed E-state index contributed by atoms with van der Waals surface area (Å²) in [6.45, 7) is 2.34. The molecule has 0 saturated carbocycles. The molecule has 1 heterocycles. The van der Waals surface area contributed by atoms with Crippen molar-refractivity contribution in [2.75, 3.05) is 25.5 Å². The van der Waals surface area contributed by atoms with E-state index in [9.17, 15) is 0 Å². The zero-order valence-corrected chi connectivity index (χ0v) is 9.66. The second-order valence-corrected chi connectivity index (χ2v) is 4.42. The number of hydrogen-bond donors (Lipinski definition) is 1. The van der Waals surface area contributed by atoms with Gasteiger partial charge < -0.3 is 10.2 Å². The van der Waals surface area contributed by atoms with E-state index in [-0.39, 0.29) is 0 Å². The van der Waals surface area contributed by atoms with E-state index in [1.165, 1.54) is 25.9 Å². The fourth-order valence-corrected chi connectivity index (χ4v) is 2.04. The fourth-order valence-electron chi connectivity index (χ4n) is 2.04. The molecule has 16 heavy (non-hydrogen) atoms. The van der Waals surface area contributed by atoms with Gasteiger partial charge in [-0.05, 0) is 63.7 Å². The average molecular weight is 213 g/mol. The molecule has 0 atom stereocenters. The summed E-state index contributed by atoms with van der Waals surface area (Å²) >= 11 is 0. The van der Waals surface area contributed by atoms with Crippen molar-refractivity contribution in [1.82, 2.24) is 4.90 Å². The molecule has 0 bridgehead atoms. The summed E-state index contributed by atoms with van der Waals surface area (Å²) in [6, 6.07) is 8.48. The maximum absolute atomic E-state index is 7.01. The maximum atomic E-state index is 7.01. The minimum atomic E-state index is 0.589. The summed E-state index contributed by atoms with van der Waals surface area (Å²) in [6.07, 6.45) is 9.42. The minimum absolute atomic E-state index is 0.589. The number of benzene rings is 1. The lowest BCUT2D eigenvalue weighted by molar-refractivity contribution is 0.264.